The summed E-state index contributed by atoms with van der Waals surface area (Å²) in [6, 6.07) is 7.37. The van der Waals surface area contributed by atoms with Gasteiger partial charge in [0.05, 0.1) is 29.7 Å². The number of pyridine rings is 2. The monoisotopic (exact) mass is 326 g/mol. The van der Waals surface area contributed by atoms with Crippen LogP contribution < -0.4 is 10.2 Å². The molecule has 0 spiro atoms. The Morgan fingerprint density at radius 2 is 1.88 bits per heavy atom. The molecule has 2 aromatic rings. The fourth-order valence-corrected chi connectivity index (χ4v) is 2.82. The van der Waals surface area contributed by atoms with Crippen LogP contribution >= 0.6 is 0 Å². The summed E-state index contributed by atoms with van der Waals surface area (Å²) >= 11 is 0. The average molecular weight is 326 g/mol. The highest BCUT2D eigenvalue weighted by Crippen LogP contribution is 2.18. The Morgan fingerprint density at radius 1 is 1.12 bits per heavy atom. The summed E-state index contributed by atoms with van der Waals surface area (Å²) in [4.78, 5) is 23.1. The molecule has 0 aliphatic carbocycles. The Hall–Kier alpha value is -2.47. The SMILES string of the molecule is Cc1ccc(NC(=O)c2ccc(N3CC(C)OC(C)C3)nc2)cn1. The molecule has 1 amide bonds. The van der Waals surface area contributed by atoms with Gasteiger partial charge in [-0.2, -0.15) is 0 Å². The van der Waals surface area contributed by atoms with Gasteiger partial charge in [-0.05, 0) is 45.0 Å². The van der Waals surface area contributed by atoms with E-state index >= 15 is 0 Å². The van der Waals surface area contributed by atoms with E-state index in [9.17, 15) is 4.79 Å². The number of morpholine rings is 1. The van der Waals surface area contributed by atoms with Gasteiger partial charge in [0.1, 0.15) is 5.82 Å². The van der Waals surface area contributed by atoms with E-state index in [1.54, 1.807) is 18.5 Å². The molecule has 2 unspecified atom stereocenters. The van der Waals surface area contributed by atoms with Crippen molar-refractivity contribution >= 4 is 17.4 Å². The molecule has 1 N–H and O–H groups in total. The second-order valence-corrected chi connectivity index (χ2v) is 6.21. The second-order valence-electron chi connectivity index (χ2n) is 6.21. The first kappa shape index (κ1) is 16.4. The van der Waals surface area contributed by atoms with Crippen molar-refractivity contribution < 1.29 is 9.53 Å². The fourth-order valence-electron chi connectivity index (χ4n) is 2.82. The van der Waals surface area contributed by atoms with Crippen LogP contribution in [0.1, 0.15) is 29.9 Å². The number of rotatable bonds is 3. The number of nitrogens with one attached hydrogen (secondary N) is 1. The van der Waals surface area contributed by atoms with Gasteiger partial charge in [0.2, 0.25) is 0 Å². The topological polar surface area (TPSA) is 67.4 Å². The van der Waals surface area contributed by atoms with Crippen molar-refractivity contribution in [1.82, 2.24) is 9.97 Å². The molecule has 0 radical (unpaired) electrons. The van der Waals surface area contributed by atoms with E-state index in [1.807, 2.05) is 25.1 Å². The van der Waals surface area contributed by atoms with Crippen LogP contribution in [-0.4, -0.2) is 41.2 Å². The lowest BCUT2D eigenvalue weighted by atomic mass is 10.2. The zero-order valence-electron chi connectivity index (χ0n) is 14.2. The molecule has 1 aliphatic heterocycles. The van der Waals surface area contributed by atoms with Gasteiger partial charge in [0, 0.05) is 25.0 Å². The Kier molecular flexibility index (Phi) is 4.76. The Labute approximate surface area is 141 Å². The van der Waals surface area contributed by atoms with E-state index in [0.29, 0.717) is 11.3 Å². The van der Waals surface area contributed by atoms with Crippen molar-refractivity contribution in [1.29, 1.82) is 0 Å². The van der Waals surface area contributed by atoms with Crippen LogP contribution in [0.5, 0.6) is 0 Å². The molecule has 2 atom stereocenters. The first-order valence-corrected chi connectivity index (χ1v) is 8.12. The van der Waals surface area contributed by atoms with Gasteiger partial charge in [-0.15, -0.1) is 0 Å². The number of hydrogen-bond donors (Lipinski definition) is 1. The number of hydrogen-bond acceptors (Lipinski definition) is 5. The fraction of sp³-hybridized carbons (Fsp3) is 0.389. The molecular formula is C18H22N4O2. The van der Waals surface area contributed by atoms with Crippen molar-refractivity contribution in [3.63, 3.8) is 0 Å². The molecule has 1 fully saturated rings. The lowest BCUT2D eigenvalue weighted by Crippen LogP contribution is -2.45. The minimum atomic E-state index is -0.191. The molecule has 24 heavy (non-hydrogen) atoms. The van der Waals surface area contributed by atoms with Crippen LogP contribution in [0.15, 0.2) is 36.7 Å². The van der Waals surface area contributed by atoms with E-state index in [2.05, 4.69) is 34.0 Å². The van der Waals surface area contributed by atoms with Crippen molar-refractivity contribution in [2.75, 3.05) is 23.3 Å². The largest absolute Gasteiger partial charge is 0.372 e. The van der Waals surface area contributed by atoms with Crippen LogP contribution in [0.4, 0.5) is 11.5 Å². The Balaban J connectivity index is 1.67. The molecule has 126 valence electrons. The maximum Gasteiger partial charge on any atom is 0.257 e. The van der Waals surface area contributed by atoms with E-state index in [1.165, 1.54) is 0 Å². The van der Waals surface area contributed by atoms with Gasteiger partial charge in [0.25, 0.3) is 5.91 Å². The summed E-state index contributed by atoms with van der Waals surface area (Å²) in [6.07, 6.45) is 3.60. The number of amides is 1. The zero-order chi connectivity index (χ0) is 17.1. The molecule has 3 rings (SSSR count). The first-order valence-electron chi connectivity index (χ1n) is 8.12. The number of carbonyl (C=O) groups excluding carboxylic acids is 1. The van der Waals surface area contributed by atoms with E-state index in [-0.39, 0.29) is 18.1 Å². The smallest absolute Gasteiger partial charge is 0.257 e. The van der Waals surface area contributed by atoms with E-state index in [0.717, 1.165) is 24.6 Å². The molecule has 1 saturated heterocycles. The lowest BCUT2D eigenvalue weighted by molar-refractivity contribution is -0.00546. The third kappa shape index (κ3) is 3.89. The van der Waals surface area contributed by atoms with Crippen molar-refractivity contribution in [2.45, 2.75) is 33.0 Å². The highest BCUT2D eigenvalue weighted by Gasteiger charge is 2.23. The van der Waals surface area contributed by atoms with Gasteiger partial charge in [-0.1, -0.05) is 0 Å². The van der Waals surface area contributed by atoms with Gasteiger partial charge in [0.15, 0.2) is 0 Å². The minimum Gasteiger partial charge on any atom is -0.372 e. The van der Waals surface area contributed by atoms with Crippen LogP contribution in [0.3, 0.4) is 0 Å². The van der Waals surface area contributed by atoms with Crippen LogP contribution in [0.25, 0.3) is 0 Å². The Bertz CT molecular complexity index is 690. The summed E-state index contributed by atoms with van der Waals surface area (Å²) in [5.41, 5.74) is 2.10. The molecule has 6 nitrogen and oxygen atoms in total. The summed E-state index contributed by atoms with van der Waals surface area (Å²) < 4.78 is 5.74. The summed E-state index contributed by atoms with van der Waals surface area (Å²) in [6.45, 7) is 7.62. The van der Waals surface area contributed by atoms with Crippen LogP contribution in [0, 0.1) is 6.92 Å². The molecule has 2 aromatic heterocycles. The number of carbonyl (C=O) groups is 1. The molecule has 1 aliphatic rings. The van der Waals surface area contributed by atoms with Crippen molar-refractivity contribution in [3.05, 3.63) is 47.9 Å². The molecule has 3 heterocycles. The normalized spacial score (nSPS) is 20.7. The van der Waals surface area contributed by atoms with Gasteiger partial charge < -0.3 is 15.0 Å². The minimum absolute atomic E-state index is 0.174. The van der Waals surface area contributed by atoms with E-state index in [4.69, 9.17) is 4.74 Å². The molecule has 0 bridgehead atoms. The number of ether oxygens (including phenoxy) is 1. The Morgan fingerprint density at radius 3 is 2.46 bits per heavy atom. The van der Waals surface area contributed by atoms with Gasteiger partial charge in [-0.3, -0.25) is 9.78 Å². The summed E-state index contributed by atoms with van der Waals surface area (Å²) in [5.74, 6) is 0.675. The predicted molar refractivity (Wildman–Crippen MR) is 93.4 cm³/mol. The average Bonchev–Trinajstić information content (AvgIpc) is 2.56. The number of nitrogens with zero attached hydrogens (tertiary/aromatic N) is 3. The quantitative estimate of drug-likeness (QED) is 0.939. The number of anilines is 2. The molecular weight excluding hydrogens is 304 g/mol. The molecule has 0 saturated carbocycles. The predicted octanol–water partition coefficient (Wildman–Crippen LogP) is 2.65. The van der Waals surface area contributed by atoms with Crippen molar-refractivity contribution in [3.8, 4) is 0 Å². The van der Waals surface area contributed by atoms with Gasteiger partial charge in [-0.25, -0.2) is 4.98 Å². The second kappa shape index (κ2) is 6.97. The summed E-state index contributed by atoms with van der Waals surface area (Å²) in [7, 11) is 0. The number of aromatic nitrogens is 2. The maximum absolute atomic E-state index is 12.3. The van der Waals surface area contributed by atoms with Crippen LogP contribution in [0.2, 0.25) is 0 Å². The number of aryl methyl sites for hydroxylation is 1. The molecule has 6 heteroatoms. The third-order valence-electron chi connectivity index (χ3n) is 3.92. The third-order valence-corrected chi connectivity index (χ3v) is 3.92. The lowest BCUT2D eigenvalue weighted by Gasteiger charge is -2.36. The van der Waals surface area contributed by atoms with Crippen LogP contribution in [-0.2, 0) is 4.74 Å². The zero-order valence-corrected chi connectivity index (χ0v) is 14.2. The maximum atomic E-state index is 12.3. The highest BCUT2D eigenvalue weighted by molar-refractivity contribution is 6.04. The standard InChI is InChI=1S/C18H22N4O2/c1-12-4-6-16(9-19-12)21-18(23)15-5-7-17(20-8-15)22-10-13(2)24-14(3)11-22/h4-9,13-14H,10-11H2,1-3H3,(H,21,23). The summed E-state index contributed by atoms with van der Waals surface area (Å²) in [5, 5.41) is 2.82. The first-order chi connectivity index (χ1) is 11.5. The highest BCUT2D eigenvalue weighted by atomic mass is 16.5. The van der Waals surface area contributed by atoms with Crippen molar-refractivity contribution in [2.24, 2.45) is 0 Å². The molecule has 0 aromatic carbocycles. The van der Waals surface area contributed by atoms with E-state index < -0.39 is 0 Å². The van der Waals surface area contributed by atoms with Gasteiger partial charge >= 0.3 is 0 Å².